The van der Waals surface area contributed by atoms with Gasteiger partial charge in [-0.1, -0.05) is 12.2 Å². The van der Waals surface area contributed by atoms with E-state index in [0.717, 1.165) is 24.8 Å². The van der Waals surface area contributed by atoms with Gasteiger partial charge in [-0.05, 0) is 19.3 Å². The van der Waals surface area contributed by atoms with Crippen LogP contribution in [0, 0.1) is 0 Å². The van der Waals surface area contributed by atoms with Crippen molar-refractivity contribution in [3.8, 4) is 0 Å². The molecule has 2 heteroatoms. The molecule has 10 heavy (non-hydrogen) atoms. The van der Waals surface area contributed by atoms with E-state index >= 15 is 0 Å². The van der Waals surface area contributed by atoms with Gasteiger partial charge in [-0.25, -0.2) is 0 Å². The monoisotopic (exact) mass is 160 g/mol. The van der Waals surface area contributed by atoms with Gasteiger partial charge < -0.3 is 4.74 Å². The summed E-state index contributed by atoms with van der Waals surface area (Å²) in [6.45, 7) is 3.88. The van der Waals surface area contributed by atoms with E-state index in [-0.39, 0.29) is 5.38 Å². The van der Waals surface area contributed by atoms with Gasteiger partial charge in [0.1, 0.15) is 0 Å². The normalized spacial score (nSPS) is 34.4. The van der Waals surface area contributed by atoms with Crippen molar-refractivity contribution in [1.82, 2.24) is 0 Å². The average molecular weight is 161 g/mol. The van der Waals surface area contributed by atoms with Gasteiger partial charge in [-0.3, -0.25) is 0 Å². The number of methoxy groups -OCH3 is 1. The third-order valence-corrected chi connectivity index (χ3v) is 2.54. The molecule has 0 bridgehead atoms. The summed E-state index contributed by atoms with van der Waals surface area (Å²) >= 11 is 5.93. The Hall–Kier alpha value is -0.0100. The van der Waals surface area contributed by atoms with Crippen molar-refractivity contribution in [3.63, 3.8) is 0 Å². The van der Waals surface area contributed by atoms with Gasteiger partial charge in [0.25, 0.3) is 0 Å². The van der Waals surface area contributed by atoms with E-state index in [1.807, 2.05) is 0 Å². The van der Waals surface area contributed by atoms with Crippen LogP contribution in [0.5, 0.6) is 0 Å². The molecular formula is C8H13ClO. The van der Waals surface area contributed by atoms with Crippen LogP contribution in [0.2, 0.25) is 0 Å². The summed E-state index contributed by atoms with van der Waals surface area (Å²) in [7, 11) is 1.74. The van der Waals surface area contributed by atoms with Gasteiger partial charge in [0.05, 0.1) is 11.5 Å². The largest absolute Gasteiger partial charge is 0.381 e. The van der Waals surface area contributed by atoms with Crippen LogP contribution < -0.4 is 0 Å². The van der Waals surface area contributed by atoms with Gasteiger partial charge in [-0.15, -0.1) is 11.6 Å². The Labute approximate surface area is 67.0 Å². The second-order valence-electron chi connectivity index (χ2n) is 2.76. The molecule has 1 fully saturated rings. The molecule has 2 unspecified atom stereocenters. The van der Waals surface area contributed by atoms with Crippen LogP contribution in [-0.4, -0.2) is 18.6 Å². The van der Waals surface area contributed by atoms with Crippen molar-refractivity contribution >= 4 is 11.6 Å². The third kappa shape index (κ3) is 1.74. The van der Waals surface area contributed by atoms with E-state index in [0.29, 0.717) is 6.10 Å². The quantitative estimate of drug-likeness (QED) is 0.423. The van der Waals surface area contributed by atoms with E-state index < -0.39 is 0 Å². The molecule has 1 nitrogen and oxygen atoms in total. The molecule has 0 N–H and O–H groups in total. The number of halogens is 1. The van der Waals surface area contributed by atoms with E-state index in [9.17, 15) is 0 Å². The predicted octanol–water partition coefficient (Wildman–Crippen LogP) is 2.35. The standard InChI is InChI=1S/C8H13ClO/c1-6-5-7(10-2)3-4-8(6)9/h7-8H,1,3-5H2,2H3. The lowest BCUT2D eigenvalue weighted by molar-refractivity contribution is 0.0856. The van der Waals surface area contributed by atoms with E-state index in [1.54, 1.807) is 7.11 Å². The van der Waals surface area contributed by atoms with Gasteiger partial charge in [0, 0.05) is 7.11 Å². The van der Waals surface area contributed by atoms with Gasteiger partial charge >= 0.3 is 0 Å². The number of rotatable bonds is 1. The fraction of sp³-hybridized carbons (Fsp3) is 0.750. The highest BCUT2D eigenvalue weighted by molar-refractivity contribution is 6.22. The molecule has 0 aromatic carbocycles. The SMILES string of the molecule is C=C1CC(OC)CCC1Cl. The zero-order valence-electron chi connectivity index (χ0n) is 6.27. The Morgan fingerprint density at radius 1 is 1.60 bits per heavy atom. The second kappa shape index (κ2) is 3.40. The Morgan fingerprint density at radius 2 is 2.30 bits per heavy atom. The molecule has 0 aliphatic heterocycles. The van der Waals surface area contributed by atoms with Crippen molar-refractivity contribution in [3.05, 3.63) is 12.2 Å². The van der Waals surface area contributed by atoms with Gasteiger partial charge in [-0.2, -0.15) is 0 Å². The Morgan fingerprint density at radius 3 is 2.80 bits per heavy atom. The molecule has 1 saturated carbocycles. The molecule has 1 aliphatic carbocycles. The van der Waals surface area contributed by atoms with E-state index in [4.69, 9.17) is 16.3 Å². The topological polar surface area (TPSA) is 9.23 Å². The van der Waals surface area contributed by atoms with Crippen LogP contribution in [0.15, 0.2) is 12.2 Å². The molecule has 1 rings (SSSR count). The minimum Gasteiger partial charge on any atom is -0.381 e. The van der Waals surface area contributed by atoms with Crippen LogP contribution in [-0.2, 0) is 4.74 Å². The van der Waals surface area contributed by atoms with Crippen molar-refractivity contribution < 1.29 is 4.74 Å². The van der Waals surface area contributed by atoms with Crippen LogP contribution in [0.3, 0.4) is 0 Å². The average Bonchev–Trinajstić information content (AvgIpc) is 1.95. The number of hydrogen-bond acceptors (Lipinski definition) is 1. The second-order valence-corrected chi connectivity index (χ2v) is 3.29. The maximum atomic E-state index is 5.93. The highest BCUT2D eigenvalue weighted by Crippen LogP contribution is 2.28. The maximum absolute atomic E-state index is 5.93. The first-order valence-electron chi connectivity index (χ1n) is 3.58. The number of ether oxygens (including phenoxy) is 1. The molecule has 0 saturated heterocycles. The fourth-order valence-electron chi connectivity index (χ4n) is 1.26. The highest BCUT2D eigenvalue weighted by atomic mass is 35.5. The first-order valence-corrected chi connectivity index (χ1v) is 4.02. The molecule has 0 aromatic rings. The van der Waals surface area contributed by atoms with Crippen molar-refractivity contribution in [2.75, 3.05) is 7.11 Å². The Balaban J connectivity index is 2.41. The fourth-order valence-corrected chi connectivity index (χ4v) is 1.47. The minimum absolute atomic E-state index is 0.186. The van der Waals surface area contributed by atoms with E-state index in [2.05, 4.69) is 6.58 Å². The summed E-state index contributed by atoms with van der Waals surface area (Å²) in [6.07, 6.45) is 3.38. The molecular weight excluding hydrogens is 148 g/mol. The molecule has 0 spiro atoms. The Kier molecular flexibility index (Phi) is 2.75. The minimum atomic E-state index is 0.186. The summed E-state index contributed by atoms with van der Waals surface area (Å²) in [6, 6.07) is 0. The smallest absolute Gasteiger partial charge is 0.0609 e. The van der Waals surface area contributed by atoms with Crippen LogP contribution in [0.4, 0.5) is 0 Å². The zero-order valence-corrected chi connectivity index (χ0v) is 7.03. The summed E-state index contributed by atoms with van der Waals surface area (Å²) in [4.78, 5) is 0. The molecule has 1 aliphatic rings. The molecule has 0 heterocycles. The molecule has 2 atom stereocenters. The number of hydrogen-bond donors (Lipinski definition) is 0. The molecule has 0 radical (unpaired) electrons. The lowest BCUT2D eigenvalue weighted by Gasteiger charge is -2.25. The first-order chi connectivity index (χ1) is 4.74. The maximum Gasteiger partial charge on any atom is 0.0609 e. The lowest BCUT2D eigenvalue weighted by Crippen LogP contribution is -2.22. The molecule has 0 aromatic heterocycles. The van der Waals surface area contributed by atoms with Crippen LogP contribution in [0.1, 0.15) is 19.3 Å². The van der Waals surface area contributed by atoms with Crippen LogP contribution >= 0.6 is 11.6 Å². The van der Waals surface area contributed by atoms with Crippen molar-refractivity contribution in [2.45, 2.75) is 30.7 Å². The summed E-state index contributed by atoms with van der Waals surface area (Å²) < 4.78 is 5.19. The third-order valence-electron chi connectivity index (χ3n) is 2.01. The lowest BCUT2D eigenvalue weighted by atomic mass is 9.93. The van der Waals surface area contributed by atoms with Crippen LogP contribution in [0.25, 0.3) is 0 Å². The van der Waals surface area contributed by atoms with E-state index in [1.165, 1.54) is 0 Å². The summed E-state index contributed by atoms with van der Waals surface area (Å²) in [5.74, 6) is 0. The van der Waals surface area contributed by atoms with Gasteiger partial charge in [0.15, 0.2) is 0 Å². The van der Waals surface area contributed by atoms with Crippen molar-refractivity contribution in [1.29, 1.82) is 0 Å². The molecule has 58 valence electrons. The van der Waals surface area contributed by atoms with Crippen molar-refractivity contribution in [2.24, 2.45) is 0 Å². The first kappa shape index (κ1) is 8.09. The summed E-state index contributed by atoms with van der Waals surface area (Å²) in [5.41, 5.74) is 1.12. The summed E-state index contributed by atoms with van der Waals surface area (Å²) in [5, 5.41) is 0.186. The van der Waals surface area contributed by atoms with Gasteiger partial charge in [0.2, 0.25) is 0 Å². The Bertz CT molecular complexity index is 133. The highest BCUT2D eigenvalue weighted by Gasteiger charge is 2.21. The predicted molar refractivity (Wildman–Crippen MR) is 43.4 cm³/mol. The number of alkyl halides is 1. The molecule has 0 amide bonds. The zero-order chi connectivity index (χ0) is 7.56.